The Kier molecular flexibility index (Phi) is 4.64. The van der Waals surface area contributed by atoms with E-state index in [4.69, 9.17) is 0 Å². The fourth-order valence-corrected chi connectivity index (χ4v) is 2.98. The largest absolute Gasteiger partial charge is 0.319 e. The molecule has 1 heterocycles. The van der Waals surface area contributed by atoms with E-state index >= 15 is 0 Å². The van der Waals surface area contributed by atoms with Gasteiger partial charge in [0, 0.05) is 13.1 Å². The number of nitrogens with zero attached hydrogens (tertiary/aromatic N) is 1. The van der Waals surface area contributed by atoms with Gasteiger partial charge in [-0.15, -0.1) is 0 Å². The molecule has 0 saturated carbocycles. The first-order valence-corrected chi connectivity index (χ1v) is 7.44. The van der Waals surface area contributed by atoms with Crippen LogP contribution in [0.1, 0.15) is 31.4 Å². The lowest BCUT2D eigenvalue weighted by molar-refractivity contribution is 0.0566. The number of hydrogen-bond acceptors (Lipinski definition) is 2. The van der Waals surface area contributed by atoms with Crippen molar-refractivity contribution in [2.45, 2.75) is 33.7 Å². The summed E-state index contributed by atoms with van der Waals surface area (Å²) >= 11 is 0. The van der Waals surface area contributed by atoms with E-state index in [1.54, 1.807) is 0 Å². The zero-order valence-electron chi connectivity index (χ0n) is 12.9. The smallest absolute Gasteiger partial charge is 0.0233 e. The van der Waals surface area contributed by atoms with Gasteiger partial charge in [0.15, 0.2) is 0 Å². The van der Waals surface area contributed by atoms with Crippen molar-refractivity contribution in [3.63, 3.8) is 0 Å². The summed E-state index contributed by atoms with van der Waals surface area (Å²) in [4.78, 5) is 2.61. The highest BCUT2D eigenvalue weighted by Gasteiger charge is 2.34. The maximum Gasteiger partial charge on any atom is 0.0233 e. The van der Waals surface area contributed by atoms with Crippen LogP contribution in [0.5, 0.6) is 0 Å². The Morgan fingerprint density at radius 1 is 1.26 bits per heavy atom. The number of rotatable bonds is 4. The summed E-state index contributed by atoms with van der Waals surface area (Å²) in [6.45, 7) is 11.6. The van der Waals surface area contributed by atoms with E-state index in [0.29, 0.717) is 5.41 Å². The molecule has 1 aromatic rings. The Morgan fingerprint density at radius 2 is 1.95 bits per heavy atom. The van der Waals surface area contributed by atoms with Crippen LogP contribution in [0.2, 0.25) is 0 Å². The normalized spacial score (nSPS) is 23.5. The summed E-state index contributed by atoms with van der Waals surface area (Å²) in [7, 11) is 2.06. The molecule has 106 valence electrons. The van der Waals surface area contributed by atoms with Crippen molar-refractivity contribution in [3.8, 4) is 0 Å². The Bertz CT molecular complexity index is 394. The molecule has 2 nitrogen and oxygen atoms in total. The van der Waals surface area contributed by atoms with Gasteiger partial charge in [-0.05, 0) is 50.4 Å². The second kappa shape index (κ2) is 6.06. The molecule has 0 radical (unpaired) electrons. The molecule has 1 aromatic carbocycles. The van der Waals surface area contributed by atoms with Crippen molar-refractivity contribution in [3.05, 3.63) is 35.4 Å². The molecular formula is C17H28N2. The molecule has 0 spiro atoms. The Labute approximate surface area is 118 Å². The molecule has 1 fully saturated rings. The van der Waals surface area contributed by atoms with E-state index in [1.807, 2.05) is 0 Å². The van der Waals surface area contributed by atoms with Crippen LogP contribution in [-0.4, -0.2) is 31.6 Å². The highest BCUT2D eigenvalue weighted by molar-refractivity contribution is 5.21. The molecule has 0 bridgehead atoms. The zero-order chi connectivity index (χ0) is 13.9. The van der Waals surface area contributed by atoms with Crippen molar-refractivity contribution in [2.24, 2.45) is 11.3 Å². The third kappa shape index (κ3) is 3.80. The average molecular weight is 260 g/mol. The zero-order valence-corrected chi connectivity index (χ0v) is 12.9. The quantitative estimate of drug-likeness (QED) is 0.895. The monoisotopic (exact) mass is 260 g/mol. The van der Waals surface area contributed by atoms with Gasteiger partial charge >= 0.3 is 0 Å². The summed E-state index contributed by atoms with van der Waals surface area (Å²) in [6.07, 6.45) is 1.30. The standard InChI is InChI=1S/C17H28N2/c1-14-5-7-15(8-6-14)12-19-10-9-17(2,3)16(13-19)11-18-4/h5-8,16,18H,9-13H2,1-4H3. The van der Waals surface area contributed by atoms with E-state index in [2.05, 4.69) is 62.3 Å². The number of likely N-dealkylation sites (tertiary alicyclic amines) is 1. The molecule has 1 aliphatic heterocycles. The Morgan fingerprint density at radius 3 is 2.58 bits per heavy atom. The molecule has 0 aliphatic carbocycles. The van der Waals surface area contributed by atoms with E-state index in [-0.39, 0.29) is 0 Å². The average Bonchev–Trinajstić information content (AvgIpc) is 2.37. The van der Waals surface area contributed by atoms with Crippen LogP contribution in [-0.2, 0) is 6.54 Å². The summed E-state index contributed by atoms with van der Waals surface area (Å²) in [5.74, 6) is 0.747. The second-order valence-electron chi connectivity index (χ2n) is 6.71. The van der Waals surface area contributed by atoms with Crippen LogP contribution in [0.3, 0.4) is 0 Å². The van der Waals surface area contributed by atoms with Crippen molar-refractivity contribution in [1.29, 1.82) is 0 Å². The summed E-state index contributed by atoms with van der Waals surface area (Å²) in [6, 6.07) is 8.97. The lowest BCUT2D eigenvalue weighted by Crippen LogP contribution is -2.47. The van der Waals surface area contributed by atoms with Crippen molar-refractivity contribution >= 4 is 0 Å². The molecule has 1 saturated heterocycles. The predicted molar refractivity (Wildman–Crippen MR) is 82.3 cm³/mol. The van der Waals surface area contributed by atoms with Crippen LogP contribution in [0.15, 0.2) is 24.3 Å². The van der Waals surface area contributed by atoms with Crippen LogP contribution in [0.25, 0.3) is 0 Å². The van der Waals surface area contributed by atoms with Gasteiger partial charge in [0.2, 0.25) is 0 Å². The number of hydrogen-bond donors (Lipinski definition) is 1. The molecule has 1 N–H and O–H groups in total. The van der Waals surface area contributed by atoms with Gasteiger partial charge in [0.25, 0.3) is 0 Å². The minimum Gasteiger partial charge on any atom is -0.319 e. The van der Waals surface area contributed by atoms with Crippen LogP contribution < -0.4 is 5.32 Å². The fraction of sp³-hybridized carbons (Fsp3) is 0.647. The van der Waals surface area contributed by atoms with Crippen LogP contribution in [0, 0.1) is 18.3 Å². The molecule has 2 heteroatoms. The summed E-state index contributed by atoms with van der Waals surface area (Å²) in [5, 5.41) is 3.36. The summed E-state index contributed by atoms with van der Waals surface area (Å²) < 4.78 is 0. The van der Waals surface area contributed by atoms with E-state index < -0.39 is 0 Å². The first kappa shape index (κ1) is 14.5. The van der Waals surface area contributed by atoms with Gasteiger partial charge in [0.05, 0.1) is 0 Å². The molecule has 1 unspecified atom stereocenters. The molecule has 2 rings (SSSR count). The molecule has 1 atom stereocenters. The third-order valence-corrected chi connectivity index (χ3v) is 4.63. The molecule has 1 aliphatic rings. The number of nitrogens with one attached hydrogen (secondary N) is 1. The fourth-order valence-electron chi connectivity index (χ4n) is 2.98. The van der Waals surface area contributed by atoms with Gasteiger partial charge in [-0.3, -0.25) is 4.90 Å². The second-order valence-corrected chi connectivity index (χ2v) is 6.71. The first-order valence-electron chi connectivity index (χ1n) is 7.44. The van der Waals surface area contributed by atoms with Gasteiger partial charge in [-0.25, -0.2) is 0 Å². The highest BCUT2D eigenvalue weighted by Crippen LogP contribution is 2.35. The molecule has 0 amide bonds. The highest BCUT2D eigenvalue weighted by atomic mass is 15.1. The molecular weight excluding hydrogens is 232 g/mol. The lowest BCUT2D eigenvalue weighted by Gasteiger charge is -2.44. The topological polar surface area (TPSA) is 15.3 Å². The van der Waals surface area contributed by atoms with Crippen molar-refractivity contribution < 1.29 is 0 Å². The SMILES string of the molecule is CNCC1CN(Cc2ccc(C)cc2)CCC1(C)C. The number of aryl methyl sites for hydroxylation is 1. The van der Waals surface area contributed by atoms with Gasteiger partial charge in [-0.1, -0.05) is 43.7 Å². The third-order valence-electron chi connectivity index (χ3n) is 4.63. The van der Waals surface area contributed by atoms with Gasteiger partial charge < -0.3 is 5.32 Å². The summed E-state index contributed by atoms with van der Waals surface area (Å²) in [5.41, 5.74) is 3.25. The van der Waals surface area contributed by atoms with E-state index in [9.17, 15) is 0 Å². The minimum absolute atomic E-state index is 0.465. The predicted octanol–water partition coefficient (Wildman–Crippen LogP) is 3.06. The number of benzene rings is 1. The van der Waals surface area contributed by atoms with E-state index in [1.165, 1.54) is 30.6 Å². The Hall–Kier alpha value is -0.860. The van der Waals surface area contributed by atoms with Crippen LogP contribution >= 0.6 is 0 Å². The first-order chi connectivity index (χ1) is 9.01. The molecule has 19 heavy (non-hydrogen) atoms. The van der Waals surface area contributed by atoms with E-state index in [0.717, 1.165) is 19.0 Å². The lowest BCUT2D eigenvalue weighted by atomic mass is 9.73. The Balaban J connectivity index is 1.97. The minimum atomic E-state index is 0.465. The maximum absolute atomic E-state index is 3.36. The molecule has 0 aromatic heterocycles. The van der Waals surface area contributed by atoms with Crippen molar-refractivity contribution in [2.75, 3.05) is 26.7 Å². The van der Waals surface area contributed by atoms with Gasteiger partial charge in [0.1, 0.15) is 0 Å². The number of piperidine rings is 1. The van der Waals surface area contributed by atoms with Gasteiger partial charge in [-0.2, -0.15) is 0 Å². The van der Waals surface area contributed by atoms with Crippen molar-refractivity contribution in [1.82, 2.24) is 10.2 Å². The maximum atomic E-state index is 3.36. The van der Waals surface area contributed by atoms with Crippen LogP contribution in [0.4, 0.5) is 0 Å².